The van der Waals surface area contributed by atoms with Crippen LogP contribution in [0.5, 0.6) is 0 Å². The topological polar surface area (TPSA) is 50.2 Å². The zero-order valence-electron chi connectivity index (χ0n) is 19.2. The molecule has 1 fully saturated rings. The molecule has 0 saturated carbocycles. The van der Waals surface area contributed by atoms with E-state index in [0.717, 1.165) is 56.6 Å². The number of para-hydroxylation sites is 1. The van der Waals surface area contributed by atoms with Gasteiger partial charge in [-0.05, 0) is 87.0 Å². The molecule has 0 bridgehead atoms. The second kappa shape index (κ2) is 9.48. The van der Waals surface area contributed by atoms with E-state index in [1.807, 2.05) is 12.1 Å². The summed E-state index contributed by atoms with van der Waals surface area (Å²) in [6.07, 6.45) is 5.08. The van der Waals surface area contributed by atoms with Crippen molar-refractivity contribution in [3.8, 4) is 5.69 Å². The minimum absolute atomic E-state index is 0.0177. The first-order chi connectivity index (χ1) is 16.1. The Kier molecular flexibility index (Phi) is 6.27. The Bertz CT molecular complexity index is 1130. The van der Waals surface area contributed by atoms with Crippen molar-refractivity contribution in [2.45, 2.75) is 52.1 Å². The summed E-state index contributed by atoms with van der Waals surface area (Å²) in [6, 6.07) is 15.5. The van der Waals surface area contributed by atoms with Gasteiger partial charge in [-0.25, -0.2) is 9.07 Å². The van der Waals surface area contributed by atoms with Crippen molar-refractivity contribution < 1.29 is 9.18 Å². The number of piperidine rings is 1. The third-order valence-electron chi connectivity index (χ3n) is 7.05. The number of likely N-dealkylation sites (tertiary alicyclic amines) is 1. The Morgan fingerprint density at radius 1 is 1.12 bits per heavy atom. The van der Waals surface area contributed by atoms with Gasteiger partial charge in [0.15, 0.2) is 0 Å². The molecule has 1 aliphatic heterocycles. The molecule has 2 aromatic carbocycles. The van der Waals surface area contributed by atoms with Crippen LogP contribution >= 0.6 is 0 Å². The molecule has 2 aliphatic rings. The largest absolute Gasteiger partial charge is 0.352 e. The normalized spacial score (nSPS) is 16.7. The number of rotatable bonds is 6. The van der Waals surface area contributed by atoms with Gasteiger partial charge in [-0.1, -0.05) is 30.3 Å². The molecule has 0 atom stereocenters. The number of aryl methyl sites for hydroxylation is 1. The number of nitrogens with one attached hydrogen (secondary N) is 1. The minimum atomic E-state index is -0.226. The fourth-order valence-electron chi connectivity index (χ4n) is 5.07. The van der Waals surface area contributed by atoms with Crippen LogP contribution in [0.2, 0.25) is 0 Å². The van der Waals surface area contributed by atoms with E-state index >= 15 is 0 Å². The van der Waals surface area contributed by atoms with Gasteiger partial charge in [0.25, 0.3) is 0 Å². The monoisotopic (exact) mass is 446 g/mol. The summed E-state index contributed by atoms with van der Waals surface area (Å²) in [6.45, 7) is 4.75. The first-order valence-electron chi connectivity index (χ1n) is 12.0. The van der Waals surface area contributed by atoms with E-state index in [-0.39, 0.29) is 17.6 Å². The minimum Gasteiger partial charge on any atom is -0.352 e. The maximum absolute atomic E-state index is 13.7. The van der Waals surface area contributed by atoms with E-state index in [1.165, 1.54) is 29.4 Å². The average Bonchev–Trinajstić information content (AvgIpc) is 3.45. The molecule has 2 heterocycles. The number of carbonyl (C=O) groups excluding carboxylic acids is 1. The van der Waals surface area contributed by atoms with Crippen LogP contribution in [0.25, 0.3) is 5.69 Å². The lowest BCUT2D eigenvalue weighted by atomic mass is 9.95. The quantitative estimate of drug-likeness (QED) is 0.613. The highest BCUT2D eigenvalue weighted by atomic mass is 19.1. The molecule has 0 unspecified atom stereocenters. The number of hydrogen-bond acceptors (Lipinski definition) is 3. The Labute approximate surface area is 194 Å². The molecular weight excluding hydrogens is 415 g/mol. The number of amides is 1. The highest BCUT2D eigenvalue weighted by Gasteiger charge is 2.28. The van der Waals surface area contributed by atoms with Gasteiger partial charge >= 0.3 is 0 Å². The summed E-state index contributed by atoms with van der Waals surface area (Å²) in [7, 11) is 0. The number of hydrogen-bond donors (Lipinski definition) is 1. The predicted molar refractivity (Wildman–Crippen MR) is 127 cm³/mol. The van der Waals surface area contributed by atoms with Gasteiger partial charge in [0.1, 0.15) is 5.82 Å². The number of benzene rings is 2. The lowest BCUT2D eigenvalue weighted by molar-refractivity contribution is -0.126. The Balaban J connectivity index is 1.17. The summed E-state index contributed by atoms with van der Waals surface area (Å²) in [4.78, 5) is 15.1. The van der Waals surface area contributed by atoms with Crippen LogP contribution in [0.3, 0.4) is 0 Å². The number of fused-ring (bicyclic) bond motifs is 1. The van der Waals surface area contributed by atoms with Crippen molar-refractivity contribution in [1.82, 2.24) is 20.0 Å². The molecule has 1 amide bonds. The standard InChI is InChI=1S/C27H31FN4O/c1-19-10-11-20(16-24(19)28)17-29-27(33)21-12-14-31(15-13-21)18-25-23-8-5-9-26(23)32(30-25)22-6-3-2-4-7-22/h2-4,6-7,10-11,16,21H,5,8-9,12-15,17-18H2,1H3,(H,29,33). The van der Waals surface area contributed by atoms with Crippen LogP contribution in [0.15, 0.2) is 48.5 Å². The molecule has 6 heteroatoms. The molecule has 1 aliphatic carbocycles. The Hall–Kier alpha value is -2.99. The van der Waals surface area contributed by atoms with E-state index in [9.17, 15) is 9.18 Å². The molecule has 3 aromatic rings. The molecule has 1 aromatic heterocycles. The highest BCUT2D eigenvalue weighted by Crippen LogP contribution is 2.29. The van der Waals surface area contributed by atoms with E-state index in [1.54, 1.807) is 13.0 Å². The molecule has 5 rings (SSSR count). The van der Waals surface area contributed by atoms with Gasteiger partial charge in [0.2, 0.25) is 5.91 Å². The molecule has 1 saturated heterocycles. The summed E-state index contributed by atoms with van der Waals surface area (Å²) in [5.41, 5.74) is 6.52. The SMILES string of the molecule is Cc1ccc(CNC(=O)C2CCN(Cc3nn(-c4ccccc4)c4c3CCC4)CC2)cc1F. The van der Waals surface area contributed by atoms with E-state index < -0.39 is 0 Å². The zero-order valence-corrected chi connectivity index (χ0v) is 19.2. The number of nitrogens with zero attached hydrogens (tertiary/aromatic N) is 3. The first-order valence-corrected chi connectivity index (χ1v) is 12.0. The zero-order chi connectivity index (χ0) is 22.8. The van der Waals surface area contributed by atoms with E-state index in [0.29, 0.717) is 12.1 Å². The maximum atomic E-state index is 13.7. The van der Waals surface area contributed by atoms with Crippen molar-refractivity contribution in [1.29, 1.82) is 0 Å². The van der Waals surface area contributed by atoms with Gasteiger partial charge in [-0.2, -0.15) is 5.10 Å². The number of aromatic nitrogens is 2. The number of carbonyl (C=O) groups is 1. The number of halogens is 1. The van der Waals surface area contributed by atoms with Gasteiger partial charge in [-0.3, -0.25) is 9.69 Å². The summed E-state index contributed by atoms with van der Waals surface area (Å²) in [5.74, 6) is -0.134. The van der Waals surface area contributed by atoms with E-state index in [4.69, 9.17) is 5.10 Å². The fraction of sp³-hybridized carbons (Fsp3) is 0.407. The maximum Gasteiger partial charge on any atom is 0.223 e. The van der Waals surface area contributed by atoms with Gasteiger partial charge < -0.3 is 5.32 Å². The van der Waals surface area contributed by atoms with Gasteiger partial charge in [-0.15, -0.1) is 0 Å². The third-order valence-corrected chi connectivity index (χ3v) is 7.05. The second-order valence-corrected chi connectivity index (χ2v) is 9.32. The molecule has 0 radical (unpaired) electrons. The predicted octanol–water partition coefficient (Wildman–Crippen LogP) is 4.34. The lowest BCUT2D eigenvalue weighted by Crippen LogP contribution is -2.40. The highest BCUT2D eigenvalue weighted by molar-refractivity contribution is 5.78. The van der Waals surface area contributed by atoms with E-state index in [2.05, 4.69) is 39.2 Å². The average molecular weight is 447 g/mol. The van der Waals surface area contributed by atoms with Crippen LogP contribution in [0.1, 0.15) is 47.3 Å². The van der Waals surface area contributed by atoms with Crippen LogP contribution in [0, 0.1) is 18.7 Å². The van der Waals surface area contributed by atoms with Gasteiger partial charge in [0.05, 0.1) is 11.4 Å². The van der Waals surface area contributed by atoms with Crippen molar-refractivity contribution >= 4 is 5.91 Å². The smallest absolute Gasteiger partial charge is 0.223 e. The van der Waals surface area contributed by atoms with Crippen molar-refractivity contribution in [2.24, 2.45) is 5.92 Å². The molecular formula is C27H31FN4O. The van der Waals surface area contributed by atoms with Crippen molar-refractivity contribution in [2.75, 3.05) is 13.1 Å². The molecule has 33 heavy (non-hydrogen) atoms. The Morgan fingerprint density at radius 2 is 1.91 bits per heavy atom. The second-order valence-electron chi connectivity index (χ2n) is 9.32. The summed E-state index contributed by atoms with van der Waals surface area (Å²) in [5, 5.41) is 7.99. The van der Waals surface area contributed by atoms with Crippen molar-refractivity contribution in [3.63, 3.8) is 0 Å². The van der Waals surface area contributed by atoms with Crippen LogP contribution < -0.4 is 5.32 Å². The van der Waals surface area contributed by atoms with Crippen LogP contribution in [0.4, 0.5) is 4.39 Å². The van der Waals surface area contributed by atoms with Gasteiger partial charge in [0, 0.05) is 24.7 Å². The Morgan fingerprint density at radius 3 is 2.67 bits per heavy atom. The van der Waals surface area contributed by atoms with Crippen molar-refractivity contribution in [3.05, 3.63) is 82.4 Å². The molecule has 172 valence electrons. The molecule has 5 nitrogen and oxygen atoms in total. The summed E-state index contributed by atoms with van der Waals surface area (Å²) >= 11 is 0. The third kappa shape index (κ3) is 4.71. The molecule has 1 N–H and O–H groups in total. The van der Waals surface area contributed by atoms with Crippen LogP contribution in [-0.4, -0.2) is 33.7 Å². The lowest BCUT2D eigenvalue weighted by Gasteiger charge is -2.31. The summed E-state index contributed by atoms with van der Waals surface area (Å²) < 4.78 is 15.9. The fourth-order valence-corrected chi connectivity index (χ4v) is 5.07. The van der Waals surface area contributed by atoms with Crippen LogP contribution in [-0.2, 0) is 30.7 Å². The molecule has 0 spiro atoms. The first kappa shape index (κ1) is 21.8.